The Labute approximate surface area is 235 Å². The number of hydrogen-bond donors (Lipinski definition) is 0. The van der Waals surface area contributed by atoms with Crippen LogP contribution in [0.15, 0.2) is 75.7 Å². The molecule has 3 aromatic carbocycles. The van der Waals surface area contributed by atoms with Crippen LogP contribution in [0.5, 0.6) is 17.2 Å². The average molecular weight is 559 g/mol. The highest BCUT2D eigenvalue weighted by atomic mass is 32.1. The Morgan fingerprint density at radius 3 is 2.42 bits per heavy atom. The number of carbonyl (C=O) groups excluding carboxylic acids is 1. The van der Waals surface area contributed by atoms with E-state index < -0.39 is 12.0 Å². The van der Waals surface area contributed by atoms with Gasteiger partial charge in [-0.3, -0.25) is 9.36 Å². The summed E-state index contributed by atoms with van der Waals surface area (Å²) in [5.74, 6) is 1.19. The topological polar surface area (TPSA) is 88.4 Å². The van der Waals surface area contributed by atoms with Gasteiger partial charge in [-0.15, -0.1) is 0 Å². The number of methoxy groups -OCH3 is 2. The number of fused-ring (bicyclic) bond motifs is 2. The molecule has 8 nitrogen and oxygen atoms in total. The molecule has 0 unspecified atom stereocenters. The van der Waals surface area contributed by atoms with Gasteiger partial charge in [0.15, 0.2) is 16.3 Å². The molecule has 1 aromatic heterocycles. The number of rotatable bonds is 8. The Hall–Kier alpha value is -4.37. The molecule has 0 amide bonds. The van der Waals surface area contributed by atoms with Gasteiger partial charge in [0.1, 0.15) is 11.8 Å². The Bertz CT molecular complexity index is 1820. The Morgan fingerprint density at radius 1 is 0.975 bits per heavy atom. The third-order valence-corrected chi connectivity index (χ3v) is 7.74. The number of carbonyl (C=O) groups is 1. The second kappa shape index (κ2) is 11.4. The minimum atomic E-state index is -0.818. The number of benzene rings is 3. The number of para-hydroxylation sites is 1. The van der Waals surface area contributed by atoms with Gasteiger partial charge in [-0.25, -0.2) is 9.79 Å². The van der Waals surface area contributed by atoms with Crippen LogP contribution in [0.25, 0.3) is 16.8 Å². The third kappa shape index (κ3) is 4.66. The molecule has 0 aliphatic carbocycles. The standard InChI is InChI=1S/C31H30N2O6S/c1-6-38-28-22(13-10-14-24(28)37-5)27-26(30(35)39-7-2)18(3)32-31-33(27)29(34)25(40-31)17-19-15-16-23(36-4)21-12-9-8-11-20(19)21/h8-17,27H,6-7H2,1-5H3/b25-17+/t27-/m1/s1. The molecule has 0 fully saturated rings. The van der Waals surface area contributed by atoms with Crippen molar-refractivity contribution in [2.75, 3.05) is 27.4 Å². The van der Waals surface area contributed by atoms with E-state index in [1.165, 1.54) is 11.3 Å². The first-order chi connectivity index (χ1) is 19.4. The predicted octanol–water partition coefficient (Wildman–Crippen LogP) is 4.37. The zero-order chi connectivity index (χ0) is 28.4. The highest BCUT2D eigenvalue weighted by Crippen LogP contribution is 2.40. The zero-order valence-corrected chi connectivity index (χ0v) is 23.8. The average Bonchev–Trinajstić information content (AvgIpc) is 3.26. The monoisotopic (exact) mass is 558 g/mol. The molecule has 0 spiro atoms. The Balaban J connectivity index is 1.79. The fourth-order valence-corrected chi connectivity index (χ4v) is 6.07. The fraction of sp³-hybridized carbons (Fsp3) is 0.258. The summed E-state index contributed by atoms with van der Waals surface area (Å²) in [5, 5.41) is 1.90. The van der Waals surface area contributed by atoms with E-state index in [1.807, 2.05) is 61.5 Å². The van der Waals surface area contributed by atoms with E-state index in [0.717, 1.165) is 22.1 Å². The molecule has 0 N–H and O–H groups in total. The maximum absolute atomic E-state index is 14.1. The van der Waals surface area contributed by atoms with Gasteiger partial charge in [-0.1, -0.05) is 53.8 Å². The van der Waals surface area contributed by atoms with Crippen LogP contribution in [0.3, 0.4) is 0 Å². The summed E-state index contributed by atoms with van der Waals surface area (Å²) in [7, 11) is 3.19. The van der Waals surface area contributed by atoms with Crippen molar-refractivity contribution in [3.05, 3.63) is 96.7 Å². The van der Waals surface area contributed by atoms with E-state index in [-0.39, 0.29) is 17.7 Å². The second-order valence-electron chi connectivity index (χ2n) is 9.02. The molecule has 9 heteroatoms. The maximum atomic E-state index is 14.1. The number of ether oxygens (including phenoxy) is 4. The molecule has 5 rings (SSSR count). The van der Waals surface area contributed by atoms with Crippen molar-refractivity contribution in [2.45, 2.75) is 26.8 Å². The molecule has 4 aromatic rings. The largest absolute Gasteiger partial charge is 0.496 e. The SMILES string of the molecule is CCOC(=O)C1=C(C)N=c2s/c(=C/c3ccc(OC)c4ccccc34)c(=O)n2[C@@H]1c1cccc(OC)c1OCC. The molecule has 206 valence electrons. The Morgan fingerprint density at radius 2 is 1.73 bits per heavy atom. The van der Waals surface area contributed by atoms with Gasteiger partial charge < -0.3 is 18.9 Å². The summed E-state index contributed by atoms with van der Waals surface area (Å²) in [5.41, 5.74) is 1.98. The summed E-state index contributed by atoms with van der Waals surface area (Å²) in [6.07, 6.45) is 1.86. The minimum Gasteiger partial charge on any atom is -0.496 e. The van der Waals surface area contributed by atoms with Gasteiger partial charge in [-0.2, -0.15) is 0 Å². The van der Waals surface area contributed by atoms with Crippen LogP contribution in [-0.2, 0) is 9.53 Å². The number of hydrogen-bond acceptors (Lipinski definition) is 8. The summed E-state index contributed by atoms with van der Waals surface area (Å²) in [6.45, 7) is 5.93. The van der Waals surface area contributed by atoms with Gasteiger partial charge in [0, 0.05) is 10.9 Å². The van der Waals surface area contributed by atoms with Crippen LogP contribution in [-0.4, -0.2) is 38.0 Å². The van der Waals surface area contributed by atoms with Crippen molar-refractivity contribution in [3.63, 3.8) is 0 Å². The van der Waals surface area contributed by atoms with Crippen molar-refractivity contribution < 1.29 is 23.7 Å². The summed E-state index contributed by atoms with van der Waals surface area (Å²) < 4.78 is 24.6. The van der Waals surface area contributed by atoms with Gasteiger partial charge in [0.2, 0.25) is 0 Å². The second-order valence-corrected chi connectivity index (χ2v) is 10.0. The summed E-state index contributed by atoms with van der Waals surface area (Å²) >= 11 is 1.27. The molecule has 40 heavy (non-hydrogen) atoms. The number of aromatic nitrogens is 1. The van der Waals surface area contributed by atoms with Gasteiger partial charge in [0.05, 0.1) is 43.2 Å². The zero-order valence-electron chi connectivity index (χ0n) is 23.0. The van der Waals surface area contributed by atoms with Gasteiger partial charge >= 0.3 is 5.97 Å². The van der Waals surface area contributed by atoms with Crippen molar-refractivity contribution in [1.82, 2.24) is 4.57 Å². The van der Waals surface area contributed by atoms with Crippen molar-refractivity contribution in [3.8, 4) is 17.2 Å². The lowest BCUT2D eigenvalue weighted by molar-refractivity contribution is -0.139. The van der Waals surface area contributed by atoms with Crippen LogP contribution >= 0.6 is 11.3 Å². The normalized spacial score (nSPS) is 15.0. The van der Waals surface area contributed by atoms with Crippen molar-refractivity contribution in [2.24, 2.45) is 4.99 Å². The molecular formula is C31H30N2O6S. The van der Waals surface area contributed by atoms with Crippen LogP contribution in [0.2, 0.25) is 0 Å². The fourth-order valence-electron chi connectivity index (χ4n) is 5.03. The van der Waals surface area contributed by atoms with Gasteiger partial charge in [0.25, 0.3) is 5.56 Å². The van der Waals surface area contributed by atoms with Gasteiger partial charge in [-0.05, 0) is 49.9 Å². The first-order valence-electron chi connectivity index (χ1n) is 13.0. The van der Waals surface area contributed by atoms with E-state index in [1.54, 1.807) is 38.7 Å². The van der Waals surface area contributed by atoms with Crippen LogP contribution in [0.1, 0.15) is 37.9 Å². The lowest BCUT2D eigenvalue weighted by atomic mass is 9.94. The van der Waals surface area contributed by atoms with E-state index in [0.29, 0.717) is 38.7 Å². The molecule has 0 saturated heterocycles. The molecular weight excluding hydrogens is 528 g/mol. The summed E-state index contributed by atoms with van der Waals surface area (Å²) in [4.78, 5) is 32.6. The molecule has 1 aliphatic heterocycles. The van der Waals surface area contributed by atoms with E-state index in [9.17, 15) is 9.59 Å². The van der Waals surface area contributed by atoms with E-state index in [4.69, 9.17) is 18.9 Å². The van der Waals surface area contributed by atoms with Crippen LogP contribution in [0, 0.1) is 0 Å². The molecule has 0 radical (unpaired) electrons. The van der Waals surface area contributed by atoms with Crippen LogP contribution in [0.4, 0.5) is 0 Å². The number of allylic oxidation sites excluding steroid dienone is 1. The highest BCUT2D eigenvalue weighted by Gasteiger charge is 2.36. The van der Waals surface area contributed by atoms with Crippen molar-refractivity contribution in [1.29, 1.82) is 0 Å². The maximum Gasteiger partial charge on any atom is 0.338 e. The van der Waals surface area contributed by atoms with E-state index in [2.05, 4.69) is 4.99 Å². The highest BCUT2D eigenvalue weighted by molar-refractivity contribution is 7.07. The summed E-state index contributed by atoms with van der Waals surface area (Å²) in [6, 6.07) is 16.3. The molecule has 0 saturated carbocycles. The molecule has 1 aliphatic rings. The van der Waals surface area contributed by atoms with Crippen LogP contribution < -0.4 is 29.1 Å². The number of nitrogens with zero attached hydrogens (tertiary/aromatic N) is 2. The number of thiazole rings is 1. The van der Waals surface area contributed by atoms with E-state index >= 15 is 0 Å². The molecule has 1 atom stereocenters. The smallest absolute Gasteiger partial charge is 0.338 e. The molecule has 0 bridgehead atoms. The Kier molecular flexibility index (Phi) is 7.75. The molecule has 2 heterocycles. The first kappa shape index (κ1) is 27.2. The lowest BCUT2D eigenvalue weighted by Crippen LogP contribution is -2.40. The third-order valence-electron chi connectivity index (χ3n) is 6.75. The number of esters is 1. The quantitative estimate of drug-likeness (QED) is 0.299. The lowest BCUT2D eigenvalue weighted by Gasteiger charge is -2.26. The van der Waals surface area contributed by atoms with Crippen molar-refractivity contribution >= 4 is 34.2 Å². The minimum absolute atomic E-state index is 0.188. The first-order valence-corrected chi connectivity index (χ1v) is 13.8. The predicted molar refractivity (Wildman–Crippen MR) is 155 cm³/mol.